The molecule has 1 heteroatoms. The molecular formula is C11H9O. The van der Waals surface area contributed by atoms with Gasteiger partial charge in [0.2, 0.25) is 0 Å². The fourth-order valence-electron chi connectivity index (χ4n) is 1.54. The fourth-order valence-corrected chi connectivity index (χ4v) is 1.54. The van der Waals surface area contributed by atoms with Crippen molar-refractivity contribution in [2.24, 2.45) is 0 Å². The first-order valence-electron chi connectivity index (χ1n) is 3.97. The molecule has 0 aliphatic heterocycles. The maximum atomic E-state index is 11.1. The molecule has 1 unspecified atom stereocenters. The van der Waals surface area contributed by atoms with Crippen LogP contribution in [0.1, 0.15) is 24.0 Å². The second kappa shape index (κ2) is 2.59. The minimum absolute atomic E-state index is 0.0189. The van der Waals surface area contributed by atoms with E-state index < -0.39 is 0 Å². The number of hydrogen-bond acceptors (Lipinski definition) is 1. The van der Waals surface area contributed by atoms with Crippen molar-refractivity contribution in [1.29, 1.82) is 0 Å². The Morgan fingerprint density at radius 1 is 1.58 bits per heavy atom. The molecule has 1 nitrogen and oxygen atoms in total. The van der Waals surface area contributed by atoms with Crippen LogP contribution in [0.5, 0.6) is 0 Å². The van der Waals surface area contributed by atoms with Crippen LogP contribution < -0.4 is 0 Å². The molecule has 59 valence electrons. The first kappa shape index (κ1) is 7.29. The normalized spacial score (nSPS) is 19.2. The summed E-state index contributed by atoms with van der Waals surface area (Å²) in [4.78, 5) is 11.1. The third-order valence-corrected chi connectivity index (χ3v) is 2.17. The van der Waals surface area contributed by atoms with E-state index >= 15 is 0 Å². The highest BCUT2D eigenvalue weighted by molar-refractivity contribution is 5.90. The van der Waals surface area contributed by atoms with E-state index in [0.717, 1.165) is 11.1 Å². The summed E-state index contributed by atoms with van der Waals surface area (Å²) in [5, 5.41) is 0. The third-order valence-electron chi connectivity index (χ3n) is 2.17. The standard InChI is InChI=1S/C11H9O/c1-8(12)10-7-6-9-4-2-3-5-11(9)10/h3-7,10H,1H3. The van der Waals surface area contributed by atoms with E-state index in [0.29, 0.717) is 0 Å². The zero-order valence-electron chi connectivity index (χ0n) is 6.87. The Labute approximate surface area is 71.7 Å². The summed E-state index contributed by atoms with van der Waals surface area (Å²) in [5.74, 6) is 0.186. The van der Waals surface area contributed by atoms with Gasteiger partial charge < -0.3 is 0 Å². The Hall–Kier alpha value is -1.37. The highest BCUT2D eigenvalue weighted by atomic mass is 16.1. The highest BCUT2D eigenvalue weighted by Gasteiger charge is 2.19. The summed E-state index contributed by atoms with van der Waals surface area (Å²) < 4.78 is 0. The van der Waals surface area contributed by atoms with Crippen molar-refractivity contribution in [3.63, 3.8) is 0 Å². The summed E-state index contributed by atoms with van der Waals surface area (Å²) >= 11 is 0. The monoisotopic (exact) mass is 157 g/mol. The van der Waals surface area contributed by atoms with Gasteiger partial charge in [-0.25, -0.2) is 0 Å². The molecule has 0 aromatic heterocycles. The first-order chi connectivity index (χ1) is 5.79. The molecule has 0 N–H and O–H groups in total. The van der Waals surface area contributed by atoms with Gasteiger partial charge >= 0.3 is 0 Å². The lowest BCUT2D eigenvalue weighted by atomic mass is 9.98. The molecule has 0 saturated heterocycles. The molecule has 2 rings (SSSR count). The van der Waals surface area contributed by atoms with Crippen LogP contribution in [0.2, 0.25) is 0 Å². The van der Waals surface area contributed by atoms with Crippen molar-refractivity contribution in [3.05, 3.63) is 41.5 Å². The van der Waals surface area contributed by atoms with Crippen LogP contribution in [0, 0.1) is 6.07 Å². The number of allylic oxidation sites excluding steroid dienone is 1. The second-order valence-corrected chi connectivity index (χ2v) is 3.00. The second-order valence-electron chi connectivity index (χ2n) is 3.00. The van der Waals surface area contributed by atoms with Crippen molar-refractivity contribution in [2.45, 2.75) is 12.8 Å². The Morgan fingerprint density at radius 2 is 2.42 bits per heavy atom. The largest absolute Gasteiger partial charge is 0.299 e. The van der Waals surface area contributed by atoms with Crippen LogP contribution in [-0.2, 0) is 4.79 Å². The molecule has 1 atom stereocenters. The molecular weight excluding hydrogens is 148 g/mol. The first-order valence-corrected chi connectivity index (χ1v) is 3.97. The van der Waals surface area contributed by atoms with Crippen LogP contribution in [0.4, 0.5) is 0 Å². The van der Waals surface area contributed by atoms with Crippen LogP contribution >= 0.6 is 0 Å². The minimum atomic E-state index is -0.0189. The molecule has 1 aliphatic carbocycles. The van der Waals surface area contributed by atoms with Gasteiger partial charge in [0, 0.05) is 0 Å². The predicted octanol–water partition coefficient (Wildman–Crippen LogP) is 2.19. The van der Waals surface area contributed by atoms with Gasteiger partial charge in [-0.3, -0.25) is 4.79 Å². The van der Waals surface area contributed by atoms with Crippen LogP contribution in [0.25, 0.3) is 6.08 Å². The SMILES string of the molecule is CC(=O)C1C=Cc2c[c]ccc21. The van der Waals surface area contributed by atoms with Crippen molar-refractivity contribution >= 4 is 11.9 Å². The molecule has 0 saturated carbocycles. The number of Topliss-reactive ketones (excluding diaryl/α,β-unsaturated/α-hetero) is 1. The number of carbonyl (C=O) groups is 1. The van der Waals surface area contributed by atoms with E-state index in [1.807, 2.05) is 30.4 Å². The van der Waals surface area contributed by atoms with Gasteiger partial charge in [-0.1, -0.05) is 24.3 Å². The number of ketones is 1. The number of fused-ring (bicyclic) bond motifs is 1. The molecule has 1 aromatic carbocycles. The zero-order valence-corrected chi connectivity index (χ0v) is 6.87. The van der Waals surface area contributed by atoms with Crippen molar-refractivity contribution < 1.29 is 4.79 Å². The van der Waals surface area contributed by atoms with E-state index in [9.17, 15) is 4.79 Å². The average Bonchev–Trinajstić information content (AvgIpc) is 2.47. The average molecular weight is 157 g/mol. The lowest BCUT2D eigenvalue weighted by Crippen LogP contribution is -2.03. The molecule has 0 amide bonds. The molecule has 0 bridgehead atoms. The van der Waals surface area contributed by atoms with Crippen LogP contribution in [-0.4, -0.2) is 5.78 Å². The van der Waals surface area contributed by atoms with E-state index in [2.05, 4.69) is 6.07 Å². The molecule has 0 spiro atoms. The topological polar surface area (TPSA) is 17.1 Å². The number of hydrogen-bond donors (Lipinski definition) is 0. The Kier molecular flexibility index (Phi) is 1.58. The quantitative estimate of drug-likeness (QED) is 0.610. The summed E-state index contributed by atoms with van der Waals surface area (Å²) in [6.45, 7) is 1.63. The lowest BCUT2D eigenvalue weighted by Gasteiger charge is -2.05. The smallest absolute Gasteiger partial charge is 0.141 e. The van der Waals surface area contributed by atoms with E-state index in [1.165, 1.54) is 0 Å². The van der Waals surface area contributed by atoms with Gasteiger partial charge in [0.1, 0.15) is 5.78 Å². The molecule has 1 aromatic rings. The Bertz CT molecular complexity index is 350. The number of carbonyl (C=O) groups excluding carboxylic acids is 1. The predicted molar refractivity (Wildman–Crippen MR) is 47.7 cm³/mol. The highest BCUT2D eigenvalue weighted by Crippen LogP contribution is 2.29. The maximum Gasteiger partial charge on any atom is 0.141 e. The maximum absolute atomic E-state index is 11.1. The van der Waals surface area contributed by atoms with E-state index in [-0.39, 0.29) is 11.7 Å². The van der Waals surface area contributed by atoms with Gasteiger partial charge in [-0.05, 0) is 30.2 Å². The number of rotatable bonds is 1. The minimum Gasteiger partial charge on any atom is -0.299 e. The molecule has 1 radical (unpaired) electrons. The van der Waals surface area contributed by atoms with Gasteiger partial charge in [-0.2, -0.15) is 0 Å². The van der Waals surface area contributed by atoms with Gasteiger partial charge in [0.15, 0.2) is 0 Å². The molecule has 0 heterocycles. The molecule has 0 fully saturated rings. The Balaban J connectivity index is 2.49. The van der Waals surface area contributed by atoms with Crippen LogP contribution in [0.15, 0.2) is 24.3 Å². The zero-order chi connectivity index (χ0) is 8.55. The van der Waals surface area contributed by atoms with Gasteiger partial charge in [0.05, 0.1) is 5.92 Å². The van der Waals surface area contributed by atoms with E-state index in [4.69, 9.17) is 0 Å². The van der Waals surface area contributed by atoms with Gasteiger partial charge in [-0.15, -0.1) is 0 Å². The van der Waals surface area contributed by atoms with Crippen molar-refractivity contribution in [2.75, 3.05) is 0 Å². The third kappa shape index (κ3) is 0.981. The number of benzene rings is 1. The Morgan fingerprint density at radius 3 is 3.17 bits per heavy atom. The summed E-state index contributed by atoms with van der Waals surface area (Å²) in [7, 11) is 0. The summed E-state index contributed by atoms with van der Waals surface area (Å²) in [6, 6.07) is 8.71. The summed E-state index contributed by atoms with van der Waals surface area (Å²) in [5.41, 5.74) is 2.24. The molecule has 12 heavy (non-hydrogen) atoms. The van der Waals surface area contributed by atoms with Crippen molar-refractivity contribution in [1.82, 2.24) is 0 Å². The lowest BCUT2D eigenvalue weighted by molar-refractivity contribution is -0.117. The van der Waals surface area contributed by atoms with Crippen molar-refractivity contribution in [3.8, 4) is 0 Å². The molecule has 1 aliphatic rings. The van der Waals surface area contributed by atoms with E-state index in [1.54, 1.807) is 6.92 Å². The van der Waals surface area contributed by atoms with Crippen LogP contribution in [0.3, 0.4) is 0 Å². The van der Waals surface area contributed by atoms with Gasteiger partial charge in [0.25, 0.3) is 0 Å². The fraction of sp³-hybridized carbons (Fsp3) is 0.182. The summed E-state index contributed by atoms with van der Waals surface area (Å²) in [6.07, 6.45) is 3.93.